The van der Waals surface area contributed by atoms with Gasteiger partial charge in [0, 0.05) is 96.4 Å². The molecule has 5 heterocycles. The zero-order valence-corrected chi connectivity index (χ0v) is 41.4. The van der Waals surface area contributed by atoms with E-state index in [1.807, 2.05) is 71.2 Å². The molecule has 0 amide bonds. The number of aromatic nitrogens is 2. The topological polar surface area (TPSA) is 71.7 Å². The van der Waals surface area contributed by atoms with Gasteiger partial charge in [-0.25, -0.2) is 9.97 Å². The molecule has 0 saturated carbocycles. The summed E-state index contributed by atoms with van der Waals surface area (Å²) in [6.07, 6.45) is 0. The van der Waals surface area contributed by atoms with E-state index in [0.29, 0.717) is 11.8 Å². The molecule has 7 nitrogen and oxygen atoms in total. The van der Waals surface area contributed by atoms with Crippen LogP contribution in [-0.2, 0) is 0 Å². The number of oxazole rings is 2. The molecule has 0 atom stereocenters. The molecule has 0 aliphatic heterocycles. The Hall–Kier alpha value is -9.54. The summed E-state index contributed by atoms with van der Waals surface area (Å²) in [6.45, 7) is 0. The van der Waals surface area contributed by atoms with Crippen LogP contribution in [0.1, 0.15) is 0 Å². The first-order valence-electron chi connectivity index (χ1n) is 24.8. The number of fused-ring (bicyclic) bond motifs is 12. The molecule has 16 rings (SSSR count). The van der Waals surface area contributed by atoms with Gasteiger partial charge in [0.25, 0.3) is 0 Å². The van der Waals surface area contributed by atoms with Crippen molar-refractivity contribution in [1.82, 2.24) is 9.97 Å². The van der Waals surface area contributed by atoms with E-state index < -0.39 is 0 Å². The van der Waals surface area contributed by atoms with E-state index in [1.165, 1.54) is 40.3 Å². The molecule has 5 aromatic heterocycles. The molecule has 352 valence electrons. The fourth-order valence-corrected chi connectivity index (χ4v) is 13.1. The molecular weight excluding hydrogens is 961 g/mol. The highest BCUT2D eigenvalue weighted by Crippen LogP contribution is 2.46. The third-order valence-electron chi connectivity index (χ3n) is 14.5. The van der Waals surface area contributed by atoms with Crippen LogP contribution in [-0.4, -0.2) is 9.97 Å². The van der Waals surface area contributed by atoms with Gasteiger partial charge in [-0.3, -0.25) is 0 Å². The number of hydrogen-bond donors (Lipinski definition) is 0. The van der Waals surface area contributed by atoms with E-state index in [-0.39, 0.29) is 0 Å². The fourth-order valence-electron chi connectivity index (χ4n) is 10.9. The summed E-state index contributed by atoms with van der Waals surface area (Å²) >= 11 is 3.65. The summed E-state index contributed by atoms with van der Waals surface area (Å²) in [5.41, 5.74) is 12.9. The SMILES string of the molecule is c1ccc2oc(-c3ccc(N(c4ccc5c(c4)sc4ccccc45)c4ccc5oc6cc7cc(N(c8ccc(-c9nc%10ccccc%10o9)cc8)c8ccc9sc%10ccccc%10c9c8)ccc7cc6c5c4)cc3)nc2c1. The van der Waals surface area contributed by atoms with E-state index in [4.69, 9.17) is 23.2 Å². The molecule has 0 unspecified atom stereocenters. The van der Waals surface area contributed by atoms with Gasteiger partial charge in [-0.15, -0.1) is 22.7 Å². The Morgan fingerprint density at radius 2 is 0.760 bits per heavy atom. The Bertz CT molecular complexity index is 4860. The highest BCUT2D eigenvalue weighted by atomic mass is 32.1. The van der Waals surface area contributed by atoms with Crippen molar-refractivity contribution in [3.8, 4) is 22.9 Å². The smallest absolute Gasteiger partial charge is 0.227 e. The van der Waals surface area contributed by atoms with E-state index in [1.54, 1.807) is 0 Å². The molecule has 0 fully saturated rings. The number of para-hydroxylation sites is 4. The molecule has 11 aromatic carbocycles. The van der Waals surface area contributed by atoms with Crippen LogP contribution in [0.3, 0.4) is 0 Å². The number of rotatable bonds is 8. The summed E-state index contributed by atoms with van der Waals surface area (Å²) in [6, 6.07) is 81.4. The third-order valence-corrected chi connectivity index (χ3v) is 16.8. The van der Waals surface area contributed by atoms with Gasteiger partial charge >= 0.3 is 0 Å². The highest BCUT2D eigenvalue weighted by Gasteiger charge is 2.21. The number of furan rings is 1. The average molecular weight is 999 g/mol. The van der Waals surface area contributed by atoms with Crippen LogP contribution in [0.5, 0.6) is 0 Å². The van der Waals surface area contributed by atoms with Gasteiger partial charge in [0.05, 0.1) is 0 Å². The largest absolute Gasteiger partial charge is 0.456 e. The van der Waals surface area contributed by atoms with Crippen molar-refractivity contribution in [1.29, 1.82) is 0 Å². The fraction of sp³-hybridized carbons (Fsp3) is 0. The molecule has 0 aliphatic rings. The molecule has 0 spiro atoms. The van der Waals surface area contributed by atoms with Crippen molar-refractivity contribution >= 4 is 152 Å². The van der Waals surface area contributed by atoms with E-state index in [2.05, 4.69) is 192 Å². The highest BCUT2D eigenvalue weighted by molar-refractivity contribution is 7.26. The van der Waals surface area contributed by atoms with Crippen molar-refractivity contribution in [2.45, 2.75) is 0 Å². The van der Waals surface area contributed by atoms with Gasteiger partial charge in [-0.2, -0.15) is 0 Å². The number of anilines is 6. The van der Waals surface area contributed by atoms with E-state index in [9.17, 15) is 0 Å². The van der Waals surface area contributed by atoms with Gasteiger partial charge in [0.1, 0.15) is 22.2 Å². The van der Waals surface area contributed by atoms with Crippen LogP contribution in [0.4, 0.5) is 34.1 Å². The molecule has 0 N–H and O–H groups in total. The molecule has 0 bridgehead atoms. The Labute approximate surface area is 436 Å². The number of nitrogens with zero attached hydrogens (tertiary/aromatic N) is 4. The summed E-state index contributed by atoms with van der Waals surface area (Å²) < 4.78 is 24.2. The monoisotopic (exact) mass is 998 g/mol. The predicted octanol–water partition coefficient (Wildman–Crippen LogP) is 20.0. The van der Waals surface area contributed by atoms with Gasteiger partial charge < -0.3 is 23.1 Å². The van der Waals surface area contributed by atoms with Crippen LogP contribution in [0.2, 0.25) is 0 Å². The average Bonchev–Trinajstić information content (AvgIpc) is 4.31. The zero-order chi connectivity index (χ0) is 49.1. The normalized spacial score (nSPS) is 12.0. The number of hydrogen-bond acceptors (Lipinski definition) is 9. The van der Waals surface area contributed by atoms with Crippen LogP contribution in [0, 0.1) is 0 Å². The Morgan fingerprint density at radius 3 is 1.43 bits per heavy atom. The van der Waals surface area contributed by atoms with Gasteiger partial charge in [-0.05, 0) is 168 Å². The van der Waals surface area contributed by atoms with Crippen LogP contribution in [0.25, 0.3) is 118 Å². The van der Waals surface area contributed by atoms with Crippen LogP contribution >= 0.6 is 22.7 Å². The molecule has 16 aromatic rings. The van der Waals surface area contributed by atoms with Crippen LogP contribution in [0.15, 0.2) is 244 Å². The molecule has 75 heavy (non-hydrogen) atoms. The second-order valence-corrected chi connectivity index (χ2v) is 21.1. The van der Waals surface area contributed by atoms with Gasteiger partial charge in [0.15, 0.2) is 11.2 Å². The molecule has 0 radical (unpaired) electrons. The van der Waals surface area contributed by atoms with Crippen molar-refractivity contribution in [2.75, 3.05) is 9.80 Å². The lowest BCUT2D eigenvalue weighted by Gasteiger charge is -2.26. The first kappa shape index (κ1) is 42.0. The second-order valence-electron chi connectivity index (χ2n) is 19.0. The standard InChI is InChI=1S/C66H38N4O3S2/c1-7-15-61-49(9-1)51-30-27-48(38-64(51)75-61)70(44-24-19-40(20-25-44)66-68-56-12-4-6-14-59(56)73-66)46-28-31-57-53(36-46)52-34-41-21-26-45(33-42(41)35-60(52)71-57)69(47-29-32-63-54(37-47)50-10-2-8-16-62(50)74-63)43-22-17-39(18-23-43)65-67-55-11-3-5-13-58(55)72-65/h1-38H. The first-order valence-corrected chi connectivity index (χ1v) is 26.5. The van der Waals surface area contributed by atoms with Crippen molar-refractivity contribution in [3.63, 3.8) is 0 Å². The van der Waals surface area contributed by atoms with Gasteiger partial charge in [0.2, 0.25) is 11.8 Å². The minimum atomic E-state index is 0.597. The molecule has 9 heteroatoms. The van der Waals surface area contributed by atoms with Crippen molar-refractivity contribution < 1.29 is 13.3 Å². The lowest BCUT2D eigenvalue weighted by Crippen LogP contribution is -2.09. The quantitative estimate of drug-likeness (QED) is 0.150. The predicted molar refractivity (Wildman–Crippen MR) is 312 cm³/mol. The molecule has 0 aliphatic carbocycles. The Morgan fingerprint density at radius 1 is 0.280 bits per heavy atom. The maximum atomic E-state index is 6.75. The van der Waals surface area contributed by atoms with Crippen molar-refractivity contribution in [2.24, 2.45) is 0 Å². The second kappa shape index (κ2) is 16.5. The molecule has 0 saturated heterocycles. The van der Waals surface area contributed by atoms with Gasteiger partial charge in [-0.1, -0.05) is 72.8 Å². The minimum absolute atomic E-state index is 0.597. The maximum Gasteiger partial charge on any atom is 0.227 e. The summed E-state index contributed by atoms with van der Waals surface area (Å²) in [5.74, 6) is 1.19. The van der Waals surface area contributed by atoms with E-state index in [0.717, 1.165) is 100 Å². The summed E-state index contributed by atoms with van der Waals surface area (Å²) in [4.78, 5) is 14.2. The lowest BCUT2D eigenvalue weighted by molar-refractivity contribution is 0.619. The number of thiophene rings is 2. The third kappa shape index (κ3) is 6.93. The summed E-state index contributed by atoms with van der Waals surface area (Å²) in [7, 11) is 0. The Balaban J connectivity index is 0.806. The summed E-state index contributed by atoms with van der Waals surface area (Å²) in [5, 5.41) is 9.32. The lowest BCUT2D eigenvalue weighted by atomic mass is 10.0. The first-order chi connectivity index (χ1) is 37.1. The van der Waals surface area contributed by atoms with Crippen molar-refractivity contribution in [3.05, 3.63) is 231 Å². The van der Waals surface area contributed by atoms with E-state index >= 15 is 0 Å². The zero-order valence-electron chi connectivity index (χ0n) is 39.8. The Kier molecular flexibility index (Phi) is 9.24. The molecular formula is C66H38N4O3S2. The maximum absolute atomic E-state index is 6.75. The minimum Gasteiger partial charge on any atom is -0.456 e. The van der Waals surface area contributed by atoms with Crippen LogP contribution < -0.4 is 9.80 Å². The number of benzene rings is 11.